The van der Waals surface area contributed by atoms with Crippen molar-refractivity contribution < 1.29 is 23.8 Å². The first-order valence-electron chi connectivity index (χ1n) is 9.21. The fourth-order valence-electron chi connectivity index (χ4n) is 3.27. The molecule has 1 aliphatic rings. The van der Waals surface area contributed by atoms with Gasteiger partial charge in [-0.25, -0.2) is 4.39 Å². The monoisotopic (exact) mass is 386 g/mol. The van der Waals surface area contributed by atoms with Crippen LogP contribution in [0.3, 0.4) is 0 Å². The minimum atomic E-state index is -1.00. The molecule has 1 heterocycles. The summed E-state index contributed by atoms with van der Waals surface area (Å²) in [7, 11) is 0. The van der Waals surface area contributed by atoms with Gasteiger partial charge in [-0.1, -0.05) is 12.1 Å². The van der Waals surface area contributed by atoms with Crippen molar-refractivity contribution in [2.75, 3.05) is 36.5 Å². The van der Waals surface area contributed by atoms with E-state index in [-0.39, 0.29) is 18.7 Å². The maximum absolute atomic E-state index is 13.1. The number of hydrogen-bond donors (Lipinski definition) is 2. The summed E-state index contributed by atoms with van der Waals surface area (Å²) in [4.78, 5) is 25.8. The maximum Gasteiger partial charge on any atom is 0.303 e. The number of anilines is 2. The first-order chi connectivity index (χ1) is 13.5. The number of ether oxygens (including phenoxy) is 1. The fraction of sp³-hybridized carbons (Fsp3) is 0.333. The van der Waals surface area contributed by atoms with E-state index in [0.717, 1.165) is 18.8 Å². The van der Waals surface area contributed by atoms with Crippen molar-refractivity contribution in [3.63, 3.8) is 0 Å². The third kappa shape index (κ3) is 5.53. The van der Waals surface area contributed by atoms with Gasteiger partial charge in [0.05, 0.1) is 19.6 Å². The molecular formula is C21H23FN2O4. The van der Waals surface area contributed by atoms with Gasteiger partial charge >= 0.3 is 5.97 Å². The standard InChI is InChI=1S/C21H23FN2O4/c22-17-3-1-15(2-4-17)16(14-21(26)27)13-20(25)23-18-5-7-19(8-6-18)24-9-11-28-12-10-24/h1-8,16H,9-14H2,(H,23,25)(H,26,27)/t16-/m0/s1. The van der Waals surface area contributed by atoms with E-state index in [1.165, 1.54) is 24.3 Å². The van der Waals surface area contributed by atoms with Crippen LogP contribution in [0.2, 0.25) is 0 Å². The Morgan fingerprint density at radius 1 is 1.04 bits per heavy atom. The third-order valence-corrected chi connectivity index (χ3v) is 4.72. The number of carbonyl (C=O) groups is 2. The zero-order valence-electron chi connectivity index (χ0n) is 15.4. The van der Waals surface area contributed by atoms with Gasteiger partial charge in [0.25, 0.3) is 0 Å². The van der Waals surface area contributed by atoms with Crippen LogP contribution in [-0.2, 0) is 14.3 Å². The van der Waals surface area contributed by atoms with Crippen molar-refractivity contribution in [3.8, 4) is 0 Å². The van der Waals surface area contributed by atoms with E-state index in [1.807, 2.05) is 24.3 Å². The van der Waals surface area contributed by atoms with Gasteiger partial charge in [-0.2, -0.15) is 0 Å². The molecule has 1 amide bonds. The smallest absolute Gasteiger partial charge is 0.303 e. The van der Waals surface area contributed by atoms with Crippen LogP contribution < -0.4 is 10.2 Å². The number of nitrogens with one attached hydrogen (secondary N) is 1. The van der Waals surface area contributed by atoms with Crippen LogP contribution in [0.25, 0.3) is 0 Å². The van der Waals surface area contributed by atoms with Crippen molar-refractivity contribution in [1.82, 2.24) is 0 Å². The van der Waals surface area contributed by atoms with Gasteiger partial charge in [-0.05, 0) is 42.0 Å². The molecule has 28 heavy (non-hydrogen) atoms. The number of halogens is 1. The molecule has 6 nitrogen and oxygen atoms in total. The first kappa shape index (κ1) is 19.8. The number of amides is 1. The number of benzene rings is 2. The second-order valence-electron chi connectivity index (χ2n) is 6.74. The van der Waals surface area contributed by atoms with Crippen molar-refractivity contribution in [2.24, 2.45) is 0 Å². The summed E-state index contributed by atoms with van der Waals surface area (Å²) in [6.45, 7) is 3.07. The molecule has 7 heteroatoms. The predicted octanol–water partition coefficient (Wildman–Crippen LogP) is 3.25. The molecule has 0 bridgehead atoms. The summed E-state index contributed by atoms with van der Waals surface area (Å²) in [5.41, 5.74) is 2.34. The first-order valence-corrected chi connectivity index (χ1v) is 9.21. The lowest BCUT2D eigenvalue weighted by Gasteiger charge is -2.28. The van der Waals surface area contributed by atoms with Crippen LogP contribution in [0.15, 0.2) is 48.5 Å². The Morgan fingerprint density at radius 2 is 1.68 bits per heavy atom. The number of carboxylic acids is 1. The topological polar surface area (TPSA) is 78.9 Å². The molecule has 0 aliphatic carbocycles. The number of rotatable bonds is 7. The zero-order chi connectivity index (χ0) is 19.9. The van der Waals surface area contributed by atoms with Gasteiger partial charge < -0.3 is 20.1 Å². The van der Waals surface area contributed by atoms with E-state index in [0.29, 0.717) is 24.5 Å². The minimum absolute atomic E-state index is 0.00312. The van der Waals surface area contributed by atoms with Gasteiger partial charge in [-0.3, -0.25) is 9.59 Å². The highest BCUT2D eigenvalue weighted by Gasteiger charge is 2.20. The summed E-state index contributed by atoms with van der Waals surface area (Å²) in [5.74, 6) is -2.21. The van der Waals surface area contributed by atoms with Gasteiger partial charge in [0.1, 0.15) is 5.82 Å². The Kier molecular flexibility index (Phi) is 6.60. The molecule has 0 aromatic heterocycles. The lowest BCUT2D eigenvalue weighted by molar-refractivity contribution is -0.137. The molecule has 0 spiro atoms. The Bertz CT molecular complexity index is 802. The fourth-order valence-corrected chi connectivity index (χ4v) is 3.27. The largest absolute Gasteiger partial charge is 0.481 e. The summed E-state index contributed by atoms with van der Waals surface area (Å²) in [5, 5.41) is 11.9. The van der Waals surface area contributed by atoms with Gasteiger partial charge in [0.15, 0.2) is 0 Å². The maximum atomic E-state index is 13.1. The number of hydrogen-bond acceptors (Lipinski definition) is 4. The number of aliphatic carboxylic acids is 1. The molecule has 3 rings (SSSR count). The third-order valence-electron chi connectivity index (χ3n) is 4.72. The summed E-state index contributed by atoms with van der Waals surface area (Å²) in [6.07, 6.45) is -0.196. The van der Waals surface area contributed by atoms with Crippen LogP contribution in [0.5, 0.6) is 0 Å². The summed E-state index contributed by atoms with van der Waals surface area (Å²) in [6, 6.07) is 13.1. The van der Waals surface area contributed by atoms with E-state index in [2.05, 4.69) is 10.2 Å². The average Bonchev–Trinajstić information content (AvgIpc) is 2.69. The molecule has 1 atom stereocenters. The highest BCUT2D eigenvalue weighted by Crippen LogP contribution is 2.25. The summed E-state index contributed by atoms with van der Waals surface area (Å²) < 4.78 is 18.5. The molecule has 2 aromatic carbocycles. The van der Waals surface area contributed by atoms with Gasteiger partial charge in [0.2, 0.25) is 5.91 Å². The number of nitrogens with zero attached hydrogens (tertiary/aromatic N) is 1. The van der Waals surface area contributed by atoms with E-state index < -0.39 is 17.7 Å². The molecule has 1 aliphatic heterocycles. The zero-order valence-corrected chi connectivity index (χ0v) is 15.4. The number of carboxylic acid groups (broad SMARTS) is 1. The highest BCUT2D eigenvalue weighted by atomic mass is 19.1. The molecule has 1 fully saturated rings. The lowest BCUT2D eigenvalue weighted by Crippen LogP contribution is -2.36. The van der Waals surface area contributed by atoms with Gasteiger partial charge in [0, 0.05) is 36.8 Å². The molecule has 0 saturated carbocycles. The van der Waals surface area contributed by atoms with Crippen LogP contribution in [0.4, 0.5) is 15.8 Å². The van der Waals surface area contributed by atoms with E-state index >= 15 is 0 Å². The van der Waals surface area contributed by atoms with E-state index in [4.69, 9.17) is 9.84 Å². The predicted molar refractivity (Wildman–Crippen MR) is 104 cm³/mol. The van der Waals surface area contributed by atoms with Crippen molar-refractivity contribution in [3.05, 3.63) is 59.9 Å². The Balaban J connectivity index is 1.62. The van der Waals surface area contributed by atoms with E-state index in [9.17, 15) is 14.0 Å². The normalized spacial score (nSPS) is 15.1. The average molecular weight is 386 g/mol. The molecule has 2 N–H and O–H groups in total. The molecule has 0 unspecified atom stereocenters. The number of morpholine rings is 1. The van der Waals surface area contributed by atoms with Gasteiger partial charge in [-0.15, -0.1) is 0 Å². The molecular weight excluding hydrogens is 363 g/mol. The molecule has 0 radical (unpaired) electrons. The van der Waals surface area contributed by atoms with Crippen LogP contribution in [-0.4, -0.2) is 43.3 Å². The quantitative estimate of drug-likeness (QED) is 0.764. The van der Waals surface area contributed by atoms with Crippen LogP contribution >= 0.6 is 0 Å². The Hall–Kier alpha value is -2.93. The Morgan fingerprint density at radius 3 is 2.29 bits per heavy atom. The van der Waals surface area contributed by atoms with E-state index in [1.54, 1.807) is 0 Å². The highest BCUT2D eigenvalue weighted by molar-refractivity contribution is 5.91. The van der Waals surface area contributed by atoms with Crippen molar-refractivity contribution in [2.45, 2.75) is 18.8 Å². The van der Waals surface area contributed by atoms with Crippen molar-refractivity contribution >= 4 is 23.3 Å². The van der Waals surface area contributed by atoms with Crippen molar-refractivity contribution in [1.29, 1.82) is 0 Å². The minimum Gasteiger partial charge on any atom is -0.481 e. The SMILES string of the molecule is O=C(O)C[C@H](CC(=O)Nc1ccc(N2CCOCC2)cc1)c1ccc(F)cc1. The number of carbonyl (C=O) groups excluding carboxylic acids is 1. The molecule has 2 aromatic rings. The molecule has 1 saturated heterocycles. The van der Waals surface area contributed by atoms with Crippen LogP contribution in [0.1, 0.15) is 24.3 Å². The summed E-state index contributed by atoms with van der Waals surface area (Å²) >= 11 is 0. The lowest BCUT2D eigenvalue weighted by atomic mass is 9.92. The second kappa shape index (κ2) is 9.32. The Labute approximate surface area is 162 Å². The second-order valence-corrected chi connectivity index (χ2v) is 6.74. The van der Waals surface area contributed by atoms with Crippen LogP contribution in [0, 0.1) is 5.82 Å². The molecule has 148 valence electrons.